The van der Waals surface area contributed by atoms with Crippen LogP contribution in [0.1, 0.15) is 50.0 Å². The monoisotopic (exact) mass is 388 g/mol. The van der Waals surface area contributed by atoms with Crippen molar-refractivity contribution >= 4 is 5.78 Å². The molecule has 148 valence electrons. The van der Waals surface area contributed by atoms with Crippen LogP contribution < -0.4 is 0 Å². The van der Waals surface area contributed by atoms with Gasteiger partial charge in [-0.15, -0.1) is 0 Å². The highest BCUT2D eigenvalue weighted by Crippen LogP contribution is 2.46. The molecule has 1 aliphatic carbocycles. The van der Waals surface area contributed by atoms with Gasteiger partial charge in [0.05, 0.1) is 24.5 Å². The lowest BCUT2D eigenvalue weighted by molar-refractivity contribution is -0.0441. The minimum absolute atomic E-state index is 0.0772. The fraction of sp³-hybridized carbons (Fsp3) is 0.333. The number of nitrogens with zero attached hydrogens (tertiary/aromatic N) is 2. The molecule has 0 spiro atoms. The van der Waals surface area contributed by atoms with Gasteiger partial charge in [-0.05, 0) is 49.9 Å². The Labute approximate surface area is 170 Å². The van der Waals surface area contributed by atoms with Crippen LogP contribution in [0.4, 0.5) is 0 Å². The van der Waals surface area contributed by atoms with Crippen molar-refractivity contribution in [2.24, 2.45) is 7.05 Å². The van der Waals surface area contributed by atoms with E-state index < -0.39 is 0 Å². The fourth-order valence-corrected chi connectivity index (χ4v) is 4.59. The number of carbonyl (C=O) groups is 1. The van der Waals surface area contributed by atoms with Crippen molar-refractivity contribution in [3.8, 4) is 22.5 Å². The van der Waals surface area contributed by atoms with Gasteiger partial charge >= 0.3 is 0 Å². The van der Waals surface area contributed by atoms with Gasteiger partial charge in [-0.25, -0.2) is 0 Å². The molecule has 5 heteroatoms. The van der Waals surface area contributed by atoms with Crippen molar-refractivity contribution < 1.29 is 14.3 Å². The molecule has 2 aromatic carbocycles. The molecule has 5 rings (SSSR count). The summed E-state index contributed by atoms with van der Waals surface area (Å²) in [4.78, 5) is 13.5. The third-order valence-corrected chi connectivity index (χ3v) is 6.50. The summed E-state index contributed by atoms with van der Waals surface area (Å²) in [5, 5.41) is 4.74. The number of hydrogen-bond acceptors (Lipinski definition) is 4. The number of hydrogen-bond donors (Lipinski definition) is 0. The normalized spacial score (nSPS) is 15.8. The second kappa shape index (κ2) is 6.37. The Bertz CT molecular complexity index is 1170. The minimum atomic E-state index is -0.305. The SMILES string of the molecule is Cc1c(C)c(C)c2c(c1C)C(=O)c1c(-c3ccc(C4OCCO4)cc3)nn(C)c1-2. The maximum absolute atomic E-state index is 13.5. The van der Waals surface area contributed by atoms with E-state index in [9.17, 15) is 4.79 Å². The van der Waals surface area contributed by atoms with Crippen LogP contribution in [0.25, 0.3) is 22.5 Å². The standard InChI is InChI=1S/C24H24N2O3/c1-12-13(2)15(4)19-18(14(12)3)22-20(23(19)27)21(25-26(22)5)16-6-8-17(9-7-16)24-28-10-11-29-24/h6-9,24H,10-11H2,1-5H3. The number of benzene rings is 2. The van der Waals surface area contributed by atoms with E-state index >= 15 is 0 Å². The molecular formula is C24H24N2O3. The maximum atomic E-state index is 13.5. The van der Waals surface area contributed by atoms with Gasteiger partial charge in [-0.3, -0.25) is 9.48 Å². The number of aryl methyl sites for hydroxylation is 1. The number of fused-ring (bicyclic) bond motifs is 3. The van der Waals surface area contributed by atoms with E-state index in [2.05, 4.69) is 20.8 Å². The Hall–Kier alpha value is -2.76. The molecule has 2 heterocycles. The molecule has 0 bridgehead atoms. The second-order valence-corrected chi connectivity index (χ2v) is 7.97. The molecule has 1 aliphatic heterocycles. The number of aromatic nitrogens is 2. The average Bonchev–Trinajstić information content (AvgIpc) is 3.43. The largest absolute Gasteiger partial charge is 0.346 e. The van der Waals surface area contributed by atoms with E-state index in [0.29, 0.717) is 18.8 Å². The van der Waals surface area contributed by atoms with Gasteiger partial charge in [-0.1, -0.05) is 24.3 Å². The molecule has 3 aromatic rings. The summed E-state index contributed by atoms with van der Waals surface area (Å²) in [6, 6.07) is 7.97. The number of ether oxygens (including phenoxy) is 2. The van der Waals surface area contributed by atoms with Gasteiger partial charge in [0.25, 0.3) is 0 Å². The lowest BCUT2D eigenvalue weighted by Crippen LogP contribution is -2.05. The Morgan fingerprint density at radius 3 is 2.07 bits per heavy atom. The third kappa shape index (κ3) is 2.47. The fourth-order valence-electron chi connectivity index (χ4n) is 4.59. The van der Waals surface area contributed by atoms with Gasteiger partial charge in [0.15, 0.2) is 12.1 Å². The quantitative estimate of drug-likeness (QED) is 0.504. The first-order chi connectivity index (χ1) is 13.9. The van der Waals surface area contributed by atoms with E-state index in [4.69, 9.17) is 14.6 Å². The van der Waals surface area contributed by atoms with Crippen molar-refractivity contribution in [2.75, 3.05) is 13.2 Å². The van der Waals surface area contributed by atoms with Crippen LogP contribution in [0.3, 0.4) is 0 Å². The van der Waals surface area contributed by atoms with E-state index in [1.165, 1.54) is 11.1 Å². The van der Waals surface area contributed by atoms with Crippen LogP contribution in [-0.4, -0.2) is 28.8 Å². The number of rotatable bonds is 2. The minimum Gasteiger partial charge on any atom is -0.346 e. The van der Waals surface area contributed by atoms with Crippen LogP contribution >= 0.6 is 0 Å². The van der Waals surface area contributed by atoms with Gasteiger partial charge in [0.1, 0.15) is 5.69 Å². The topological polar surface area (TPSA) is 53.4 Å². The molecule has 2 aliphatic rings. The van der Waals surface area contributed by atoms with Crippen molar-refractivity contribution in [2.45, 2.75) is 34.0 Å². The first-order valence-electron chi connectivity index (χ1n) is 9.96. The zero-order valence-corrected chi connectivity index (χ0v) is 17.4. The Morgan fingerprint density at radius 2 is 1.45 bits per heavy atom. The molecule has 1 fully saturated rings. The summed E-state index contributed by atoms with van der Waals surface area (Å²) >= 11 is 0. The summed E-state index contributed by atoms with van der Waals surface area (Å²) in [5.41, 5.74) is 10.8. The summed E-state index contributed by atoms with van der Waals surface area (Å²) in [6.07, 6.45) is -0.305. The molecule has 0 unspecified atom stereocenters. The van der Waals surface area contributed by atoms with E-state index in [1.54, 1.807) is 0 Å². The molecule has 0 amide bonds. The predicted molar refractivity (Wildman–Crippen MR) is 111 cm³/mol. The van der Waals surface area contributed by atoms with Crippen LogP contribution in [-0.2, 0) is 16.5 Å². The van der Waals surface area contributed by atoms with E-state index in [1.807, 2.05) is 42.9 Å². The van der Waals surface area contributed by atoms with Crippen LogP contribution in [0, 0.1) is 27.7 Å². The summed E-state index contributed by atoms with van der Waals surface area (Å²) in [6.45, 7) is 9.61. The summed E-state index contributed by atoms with van der Waals surface area (Å²) in [7, 11) is 1.92. The maximum Gasteiger partial charge on any atom is 0.198 e. The van der Waals surface area contributed by atoms with E-state index in [0.717, 1.165) is 44.8 Å². The Morgan fingerprint density at radius 1 is 0.862 bits per heavy atom. The third-order valence-electron chi connectivity index (χ3n) is 6.50. The van der Waals surface area contributed by atoms with E-state index in [-0.39, 0.29) is 12.1 Å². The van der Waals surface area contributed by atoms with Crippen LogP contribution in [0.2, 0.25) is 0 Å². The van der Waals surface area contributed by atoms with Gasteiger partial charge in [0, 0.05) is 29.3 Å². The smallest absolute Gasteiger partial charge is 0.198 e. The van der Waals surface area contributed by atoms with Gasteiger partial charge in [0.2, 0.25) is 0 Å². The first-order valence-corrected chi connectivity index (χ1v) is 9.96. The average molecular weight is 388 g/mol. The molecule has 1 saturated heterocycles. The highest BCUT2D eigenvalue weighted by Gasteiger charge is 2.37. The highest BCUT2D eigenvalue weighted by molar-refractivity contribution is 6.25. The molecule has 1 aromatic heterocycles. The van der Waals surface area contributed by atoms with Crippen molar-refractivity contribution in [1.29, 1.82) is 0 Å². The highest BCUT2D eigenvalue weighted by atomic mass is 16.7. The van der Waals surface area contributed by atoms with Crippen molar-refractivity contribution in [3.63, 3.8) is 0 Å². The zero-order valence-electron chi connectivity index (χ0n) is 17.4. The van der Waals surface area contributed by atoms with Crippen molar-refractivity contribution in [1.82, 2.24) is 9.78 Å². The first kappa shape index (κ1) is 18.3. The van der Waals surface area contributed by atoms with Gasteiger partial charge in [-0.2, -0.15) is 5.10 Å². The summed E-state index contributed by atoms with van der Waals surface area (Å²) in [5.74, 6) is 0.0772. The van der Waals surface area contributed by atoms with Gasteiger partial charge < -0.3 is 9.47 Å². The van der Waals surface area contributed by atoms with Crippen LogP contribution in [0.15, 0.2) is 24.3 Å². The lowest BCUT2D eigenvalue weighted by Gasteiger charge is -2.15. The lowest BCUT2D eigenvalue weighted by atomic mass is 9.89. The van der Waals surface area contributed by atoms with Crippen molar-refractivity contribution in [3.05, 3.63) is 63.2 Å². The molecular weight excluding hydrogens is 364 g/mol. The Kier molecular flexibility index (Phi) is 4.02. The number of ketones is 1. The summed E-state index contributed by atoms with van der Waals surface area (Å²) < 4.78 is 13.0. The molecule has 0 radical (unpaired) electrons. The molecule has 5 nitrogen and oxygen atoms in total. The Balaban J connectivity index is 1.66. The molecule has 0 atom stereocenters. The van der Waals surface area contributed by atoms with Crippen LogP contribution in [0.5, 0.6) is 0 Å². The molecule has 0 N–H and O–H groups in total. The zero-order chi connectivity index (χ0) is 20.4. The molecule has 0 saturated carbocycles. The molecule has 29 heavy (non-hydrogen) atoms. The predicted octanol–water partition coefficient (Wildman–Crippen LogP) is 4.58. The second-order valence-electron chi connectivity index (χ2n) is 7.97. The number of carbonyl (C=O) groups excluding carboxylic acids is 1.